The molecule has 4 N–H and O–H groups in total. The highest BCUT2D eigenvalue weighted by molar-refractivity contribution is 5.94. The molecular formula is C22H25F3N2O5. The fraction of sp³-hybridized carbons (Fsp3) is 0.364. The lowest BCUT2D eigenvalue weighted by Gasteiger charge is -2.29. The van der Waals surface area contributed by atoms with E-state index in [0.717, 1.165) is 37.1 Å². The first-order valence-corrected chi connectivity index (χ1v) is 9.94. The van der Waals surface area contributed by atoms with Crippen LogP contribution in [0.15, 0.2) is 48.5 Å². The number of carboxylic acid groups (broad SMARTS) is 1. The van der Waals surface area contributed by atoms with E-state index in [9.17, 15) is 28.2 Å². The number of hydrogen-bond acceptors (Lipinski definition) is 5. The summed E-state index contributed by atoms with van der Waals surface area (Å²) in [6.07, 6.45) is -3.44. The van der Waals surface area contributed by atoms with Crippen LogP contribution in [0.2, 0.25) is 0 Å². The first-order chi connectivity index (χ1) is 15.1. The minimum Gasteiger partial charge on any atom is -0.508 e. The van der Waals surface area contributed by atoms with Gasteiger partial charge in [0, 0.05) is 25.2 Å². The lowest BCUT2D eigenvalue weighted by molar-refractivity contribution is -0.192. The number of likely N-dealkylation sites (tertiary alicyclic amines) is 1. The second kappa shape index (κ2) is 11.5. The SMILES string of the molecule is O=C(NCCN1CCCC(O)C1)c1ccc(-c2ccc(O)cc2)cc1.O=C(O)C(F)(F)F. The monoisotopic (exact) mass is 454 g/mol. The number of aliphatic hydroxyl groups is 1. The molecule has 0 aliphatic carbocycles. The summed E-state index contributed by atoms with van der Waals surface area (Å²) in [5.41, 5.74) is 2.62. The van der Waals surface area contributed by atoms with Gasteiger partial charge in [0.15, 0.2) is 0 Å². The van der Waals surface area contributed by atoms with Crippen LogP contribution in [0.5, 0.6) is 5.75 Å². The smallest absolute Gasteiger partial charge is 0.490 e. The van der Waals surface area contributed by atoms with Gasteiger partial charge in [-0.25, -0.2) is 4.79 Å². The number of piperidine rings is 1. The second-order valence-electron chi connectivity index (χ2n) is 7.28. The zero-order chi connectivity index (χ0) is 23.7. The third-order valence-electron chi connectivity index (χ3n) is 4.78. The molecule has 1 heterocycles. The quantitative estimate of drug-likeness (QED) is 0.553. The zero-order valence-electron chi connectivity index (χ0n) is 17.2. The van der Waals surface area contributed by atoms with Gasteiger partial charge in [-0.3, -0.25) is 9.69 Å². The van der Waals surface area contributed by atoms with Crippen molar-refractivity contribution < 1.29 is 38.1 Å². The number of nitrogens with zero attached hydrogens (tertiary/aromatic N) is 1. The van der Waals surface area contributed by atoms with E-state index in [2.05, 4.69) is 10.2 Å². The van der Waals surface area contributed by atoms with Gasteiger partial charge in [-0.05, 0) is 54.8 Å². The molecule has 1 atom stereocenters. The van der Waals surface area contributed by atoms with E-state index < -0.39 is 12.1 Å². The summed E-state index contributed by atoms with van der Waals surface area (Å²) < 4.78 is 31.7. The summed E-state index contributed by atoms with van der Waals surface area (Å²) in [7, 11) is 0. The van der Waals surface area contributed by atoms with Crippen LogP contribution in [-0.2, 0) is 4.79 Å². The molecule has 10 heteroatoms. The minimum absolute atomic E-state index is 0.0881. The van der Waals surface area contributed by atoms with Crippen LogP contribution in [0, 0.1) is 0 Å². The van der Waals surface area contributed by atoms with E-state index >= 15 is 0 Å². The van der Waals surface area contributed by atoms with Gasteiger partial charge in [-0.1, -0.05) is 24.3 Å². The Balaban J connectivity index is 0.000000451. The maximum atomic E-state index is 12.2. The number of aliphatic carboxylic acids is 1. The van der Waals surface area contributed by atoms with Crippen molar-refractivity contribution in [1.82, 2.24) is 10.2 Å². The van der Waals surface area contributed by atoms with Gasteiger partial charge < -0.3 is 20.6 Å². The Kier molecular flexibility index (Phi) is 9.03. The lowest BCUT2D eigenvalue weighted by atomic mass is 10.0. The molecule has 1 unspecified atom stereocenters. The maximum Gasteiger partial charge on any atom is 0.490 e. The van der Waals surface area contributed by atoms with Gasteiger partial charge in [0.05, 0.1) is 6.10 Å². The molecule has 1 aliphatic heterocycles. The number of carboxylic acids is 1. The Morgan fingerprint density at radius 1 is 1.03 bits per heavy atom. The Bertz CT molecular complexity index is 886. The summed E-state index contributed by atoms with van der Waals surface area (Å²) in [6, 6.07) is 14.4. The Morgan fingerprint density at radius 2 is 1.56 bits per heavy atom. The summed E-state index contributed by atoms with van der Waals surface area (Å²) in [6.45, 7) is 3.01. The van der Waals surface area contributed by atoms with Crippen LogP contribution in [0.1, 0.15) is 23.2 Å². The Labute approximate surface area is 183 Å². The molecule has 2 aromatic carbocycles. The zero-order valence-corrected chi connectivity index (χ0v) is 17.2. The van der Waals surface area contributed by atoms with Crippen molar-refractivity contribution >= 4 is 11.9 Å². The van der Waals surface area contributed by atoms with Crippen LogP contribution < -0.4 is 5.32 Å². The van der Waals surface area contributed by atoms with Crippen LogP contribution in [-0.4, -0.2) is 70.6 Å². The molecule has 3 rings (SSSR count). The largest absolute Gasteiger partial charge is 0.508 e. The van der Waals surface area contributed by atoms with E-state index in [1.807, 2.05) is 36.4 Å². The predicted octanol–water partition coefficient (Wildman–Crippen LogP) is 2.88. The van der Waals surface area contributed by atoms with Crippen LogP contribution in [0.4, 0.5) is 13.2 Å². The highest BCUT2D eigenvalue weighted by Crippen LogP contribution is 2.22. The van der Waals surface area contributed by atoms with Gasteiger partial charge in [-0.15, -0.1) is 0 Å². The number of benzene rings is 2. The number of hydrogen-bond donors (Lipinski definition) is 4. The molecule has 1 fully saturated rings. The molecule has 174 valence electrons. The normalized spacial score (nSPS) is 16.6. The van der Waals surface area contributed by atoms with E-state index in [1.54, 1.807) is 12.1 Å². The van der Waals surface area contributed by atoms with Crippen molar-refractivity contribution in [2.45, 2.75) is 25.1 Å². The molecule has 0 radical (unpaired) electrons. The number of phenolic OH excluding ortho intramolecular Hbond substituents is 1. The molecule has 0 spiro atoms. The van der Waals surface area contributed by atoms with Crippen molar-refractivity contribution in [2.75, 3.05) is 26.2 Å². The molecule has 1 aliphatic rings. The summed E-state index contributed by atoms with van der Waals surface area (Å²) in [4.78, 5) is 23.3. The topological polar surface area (TPSA) is 110 Å². The number of amides is 1. The molecule has 32 heavy (non-hydrogen) atoms. The number of aliphatic hydroxyl groups excluding tert-OH is 1. The number of phenols is 1. The van der Waals surface area contributed by atoms with E-state index in [-0.39, 0.29) is 17.8 Å². The van der Waals surface area contributed by atoms with Gasteiger partial charge in [0.2, 0.25) is 0 Å². The number of carbonyl (C=O) groups excluding carboxylic acids is 1. The molecular weight excluding hydrogens is 429 g/mol. The number of rotatable bonds is 5. The van der Waals surface area contributed by atoms with Crippen molar-refractivity contribution in [1.29, 1.82) is 0 Å². The van der Waals surface area contributed by atoms with Crippen LogP contribution in [0.25, 0.3) is 11.1 Å². The first kappa shape index (κ1) is 25.2. The number of β-amino-alcohol motifs (C(OH)–C–C–N with tert-alkyl or cyclic N) is 1. The van der Waals surface area contributed by atoms with Crippen LogP contribution in [0.3, 0.4) is 0 Å². The predicted molar refractivity (Wildman–Crippen MR) is 111 cm³/mol. The van der Waals surface area contributed by atoms with Crippen molar-refractivity contribution in [3.05, 3.63) is 54.1 Å². The molecule has 0 saturated carbocycles. The Morgan fingerprint density at radius 3 is 2.06 bits per heavy atom. The molecule has 7 nitrogen and oxygen atoms in total. The fourth-order valence-electron chi connectivity index (χ4n) is 3.13. The summed E-state index contributed by atoms with van der Waals surface area (Å²) in [5.74, 6) is -2.61. The molecule has 0 bridgehead atoms. The number of halogens is 3. The fourth-order valence-corrected chi connectivity index (χ4v) is 3.13. The highest BCUT2D eigenvalue weighted by atomic mass is 19.4. The molecule has 1 amide bonds. The van der Waals surface area contributed by atoms with Crippen LogP contribution >= 0.6 is 0 Å². The third-order valence-corrected chi connectivity index (χ3v) is 4.78. The average Bonchev–Trinajstić information content (AvgIpc) is 2.74. The minimum atomic E-state index is -5.08. The van der Waals surface area contributed by atoms with E-state index in [1.165, 1.54) is 0 Å². The van der Waals surface area contributed by atoms with E-state index in [4.69, 9.17) is 9.90 Å². The van der Waals surface area contributed by atoms with Gasteiger partial charge >= 0.3 is 12.1 Å². The standard InChI is InChI=1S/C20H24N2O3.C2HF3O2/c23-18-9-7-16(8-10-18)15-3-5-17(6-4-15)20(25)21-11-13-22-12-1-2-19(24)14-22;3-2(4,5)1(6)7/h3-10,19,23-24H,1-2,11-14H2,(H,21,25);(H,6,7). The lowest BCUT2D eigenvalue weighted by Crippen LogP contribution is -2.42. The van der Waals surface area contributed by atoms with Gasteiger partial charge in [0.1, 0.15) is 5.75 Å². The number of carbonyl (C=O) groups is 2. The molecule has 2 aromatic rings. The number of alkyl halides is 3. The first-order valence-electron chi connectivity index (χ1n) is 9.94. The van der Waals surface area contributed by atoms with Gasteiger partial charge in [0.25, 0.3) is 5.91 Å². The average molecular weight is 454 g/mol. The van der Waals surface area contributed by atoms with Crippen molar-refractivity contribution in [3.8, 4) is 16.9 Å². The molecule has 1 saturated heterocycles. The number of nitrogens with one attached hydrogen (secondary N) is 1. The summed E-state index contributed by atoms with van der Waals surface area (Å²) >= 11 is 0. The van der Waals surface area contributed by atoms with Gasteiger partial charge in [-0.2, -0.15) is 13.2 Å². The number of aromatic hydroxyl groups is 1. The highest BCUT2D eigenvalue weighted by Gasteiger charge is 2.38. The maximum absolute atomic E-state index is 12.2. The third kappa shape index (κ3) is 8.20. The van der Waals surface area contributed by atoms with E-state index in [0.29, 0.717) is 18.7 Å². The van der Waals surface area contributed by atoms with Crippen molar-refractivity contribution in [2.24, 2.45) is 0 Å². The second-order valence-corrected chi connectivity index (χ2v) is 7.28. The summed E-state index contributed by atoms with van der Waals surface area (Å²) in [5, 5.41) is 29.1. The Hall–Kier alpha value is -3.11. The molecule has 0 aromatic heterocycles. The van der Waals surface area contributed by atoms with Crippen molar-refractivity contribution in [3.63, 3.8) is 0 Å².